The summed E-state index contributed by atoms with van der Waals surface area (Å²) in [4.78, 5) is 11.7. The third-order valence-corrected chi connectivity index (χ3v) is 13.4. The number of amidine groups is 1. The van der Waals surface area contributed by atoms with Crippen LogP contribution in [0.3, 0.4) is 0 Å². The van der Waals surface area contributed by atoms with E-state index in [1.165, 1.54) is 18.4 Å². The van der Waals surface area contributed by atoms with Gasteiger partial charge in [0.15, 0.2) is 0 Å². The summed E-state index contributed by atoms with van der Waals surface area (Å²) in [7, 11) is 3.24. The molecule has 1 heterocycles. The van der Waals surface area contributed by atoms with Crippen LogP contribution in [0.4, 0.5) is 18.9 Å². The predicted molar refractivity (Wildman–Crippen MR) is 295 cm³/mol. The molecular formula is C60H91F3N4O4. The van der Waals surface area contributed by atoms with Crippen LogP contribution < -0.4 is 15.4 Å². The van der Waals surface area contributed by atoms with Crippen LogP contribution in [0.5, 0.6) is 5.75 Å². The summed E-state index contributed by atoms with van der Waals surface area (Å²) in [5.74, 6) is 2.67. The molecule has 3 aromatic rings. The normalized spacial score (nSPS) is 16.5. The van der Waals surface area contributed by atoms with Gasteiger partial charge in [0.2, 0.25) is 6.43 Å². The molecule has 3 unspecified atom stereocenters. The molecular weight excluding hydrogens is 898 g/mol. The van der Waals surface area contributed by atoms with Crippen molar-refractivity contribution in [2.45, 2.75) is 172 Å². The van der Waals surface area contributed by atoms with E-state index in [0.29, 0.717) is 61.9 Å². The van der Waals surface area contributed by atoms with Crippen LogP contribution in [-0.4, -0.2) is 73.7 Å². The van der Waals surface area contributed by atoms with Gasteiger partial charge in [-0.05, 0) is 172 Å². The van der Waals surface area contributed by atoms with Crippen molar-refractivity contribution in [3.63, 3.8) is 0 Å². The first-order valence-corrected chi connectivity index (χ1v) is 26.2. The third-order valence-electron chi connectivity index (χ3n) is 13.4. The van der Waals surface area contributed by atoms with E-state index in [2.05, 4.69) is 95.3 Å². The van der Waals surface area contributed by atoms with Crippen LogP contribution in [-0.2, 0) is 17.6 Å². The highest BCUT2D eigenvalue weighted by molar-refractivity contribution is 6.05. The van der Waals surface area contributed by atoms with Crippen molar-refractivity contribution in [2.75, 3.05) is 38.8 Å². The van der Waals surface area contributed by atoms with Crippen LogP contribution >= 0.6 is 0 Å². The van der Waals surface area contributed by atoms with E-state index < -0.39 is 24.2 Å². The minimum Gasteiger partial charge on any atom is -0.498 e. The second-order valence-corrected chi connectivity index (χ2v) is 19.2. The van der Waals surface area contributed by atoms with Gasteiger partial charge in [-0.25, -0.2) is 13.2 Å². The first-order valence-electron chi connectivity index (χ1n) is 26.2. The van der Waals surface area contributed by atoms with Crippen LogP contribution in [0.15, 0.2) is 94.2 Å². The summed E-state index contributed by atoms with van der Waals surface area (Å²) in [5, 5.41) is 22.2. The molecule has 0 radical (unpaired) electrons. The zero-order valence-corrected chi connectivity index (χ0v) is 46.2. The quantitative estimate of drug-likeness (QED) is 0.0477. The Kier molecular flexibility index (Phi) is 27.1. The van der Waals surface area contributed by atoms with Gasteiger partial charge in [0, 0.05) is 43.0 Å². The van der Waals surface area contributed by atoms with Crippen molar-refractivity contribution in [2.24, 2.45) is 33.5 Å². The average Bonchev–Trinajstić information content (AvgIpc) is 4.21. The molecule has 3 aromatic carbocycles. The monoisotopic (exact) mass is 989 g/mol. The maximum atomic E-state index is 16.0. The molecule has 2 aliphatic rings. The Bertz CT molecular complexity index is 2170. The lowest BCUT2D eigenvalue weighted by Crippen LogP contribution is -2.50. The van der Waals surface area contributed by atoms with Gasteiger partial charge in [-0.3, -0.25) is 9.98 Å². The van der Waals surface area contributed by atoms with Crippen LogP contribution in [0.25, 0.3) is 11.1 Å². The summed E-state index contributed by atoms with van der Waals surface area (Å²) in [6.45, 7) is 32.3. The molecule has 0 amide bonds. The molecule has 1 aliphatic heterocycles. The number of piperidine rings is 1. The molecule has 71 heavy (non-hydrogen) atoms. The maximum absolute atomic E-state index is 16.0. The minimum absolute atomic E-state index is 0.111. The topological polar surface area (TPSA) is 113 Å². The number of nitrogens with zero attached hydrogens (tertiary/aromatic N) is 3. The van der Waals surface area contributed by atoms with E-state index >= 15 is 4.39 Å². The highest BCUT2D eigenvalue weighted by atomic mass is 19.3. The minimum atomic E-state index is -2.17. The van der Waals surface area contributed by atoms with Gasteiger partial charge in [-0.15, -0.1) is 0 Å². The van der Waals surface area contributed by atoms with Gasteiger partial charge in [-0.2, -0.15) is 0 Å². The number of aliphatic hydroxyl groups is 2. The fraction of sp³-hybridized carbons (Fsp3) is 0.567. The van der Waals surface area contributed by atoms with Gasteiger partial charge < -0.3 is 30.3 Å². The Morgan fingerprint density at radius 2 is 1.45 bits per heavy atom. The Labute approximate surface area is 427 Å². The lowest BCUT2D eigenvalue weighted by molar-refractivity contribution is 0.0845. The fourth-order valence-corrected chi connectivity index (χ4v) is 8.56. The second kappa shape index (κ2) is 30.9. The maximum Gasteiger partial charge on any atom is 0.235 e. The van der Waals surface area contributed by atoms with Crippen molar-refractivity contribution < 1.29 is 32.9 Å². The van der Waals surface area contributed by atoms with Crippen LogP contribution in [0, 0.1) is 37.4 Å². The molecule has 0 bridgehead atoms. The SMILES string of the molecule is C=C(/C(=C\C=C(\OCC)C(C)CC)C(=NC1(C(C)O)CCN(c2cc(-c3c(C)cc(C(O)C(N)=NC)cc3C)cc(F)c2CC)CC1)C(C)C)C1CC1.CC(F)F.CCCC.CCc1ccc(OC)cc1. The summed E-state index contributed by atoms with van der Waals surface area (Å²) < 4.78 is 47.8. The molecule has 396 valence electrons. The number of hydrogen-bond acceptors (Lipinski definition) is 7. The first kappa shape index (κ1) is 62.2. The van der Waals surface area contributed by atoms with Crippen LogP contribution in [0.1, 0.15) is 155 Å². The number of nitrogens with two attached hydrogens (primary N) is 1. The Hall–Kier alpha value is -4.87. The predicted octanol–water partition coefficient (Wildman–Crippen LogP) is 14.7. The number of aliphatic imine (C=N–C) groups is 2. The number of ether oxygens (including phenoxy) is 2. The molecule has 11 heteroatoms. The standard InChI is InChI=1S/C45H65FN4O3.C9H12O.C4H10.C2H4F2/c1-12-28(6)40(53-14-3)18-17-37(31(9)33-15-16-33)42(27(4)5)49-45(32(10)51)19-21-50(22-20-45)39-26-34(25-38(46)36(39)13-2)41-29(7)23-35(24-30(41)8)43(52)44(47)48-11;1-3-8-4-6-9(10-2)7-5-8;1-3-4-2;1-2(3)4/h17-18,23-28,32-33,43,51-52H,9,12-16,19-22H2,1-8,10-11H3,(H2,47,48);4-7H,3H2,1-2H3;3-4H2,1-2H3;2H,1H3/b37-17+,40-18+,49-42?;;;. The number of methoxy groups -OCH3 is 1. The molecule has 0 aromatic heterocycles. The van der Waals surface area contributed by atoms with E-state index in [4.69, 9.17) is 20.2 Å². The smallest absolute Gasteiger partial charge is 0.235 e. The molecule has 2 fully saturated rings. The van der Waals surface area contributed by atoms with Gasteiger partial charge >= 0.3 is 0 Å². The second-order valence-electron chi connectivity index (χ2n) is 19.2. The van der Waals surface area contributed by atoms with Crippen LogP contribution in [0.2, 0.25) is 0 Å². The molecule has 4 N–H and O–H groups in total. The molecule has 8 nitrogen and oxygen atoms in total. The van der Waals surface area contributed by atoms with Gasteiger partial charge in [-0.1, -0.05) is 99.1 Å². The summed E-state index contributed by atoms with van der Waals surface area (Å²) in [6.07, 6.45) is 9.19. The fourth-order valence-electron chi connectivity index (χ4n) is 8.56. The average molecular weight is 989 g/mol. The Balaban J connectivity index is 0.000000808. The number of aliphatic hydroxyl groups excluding tert-OH is 2. The lowest BCUT2D eigenvalue weighted by atomic mass is 9.81. The zero-order chi connectivity index (χ0) is 53.6. The number of rotatable bonds is 19. The van der Waals surface area contributed by atoms with Crippen molar-refractivity contribution in [3.05, 3.63) is 118 Å². The lowest BCUT2D eigenvalue weighted by Gasteiger charge is -2.43. The Morgan fingerprint density at radius 1 is 0.887 bits per heavy atom. The van der Waals surface area contributed by atoms with E-state index in [1.807, 2.05) is 58.9 Å². The molecule has 3 atom stereocenters. The first-order chi connectivity index (χ1) is 33.6. The summed E-state index contributed by atoms with van der Waals surface area (Å²) >= 11 is 0. The van der Waals surface area contributed by atoms with Crippen molar-refractivity contribution in [1.82, 2.24) is 0 Å². The van der Waals surface area contributed by atoms with E-state index in [1.54, 1.807) is 20.2 Å². The molecule has 1 saturated heterocycles. The largest absolute Gasteiger partial charge is 0.498 e. The molecule has 1 saturated carbocycles. The van der Waals surface area contributed by atoms with Crippen molar-refractivity contribution in [3.8, 4) is 16.9 Å². The number of unbranched alkanes of at least 4 members (excludes halogenated alkanes) is 1. The summed E-state index contributed by atoms with van der Waals surface area (Å²) in [6, 6.07) is 15.7. The number of anilines is 1. The number of hydrogen-bond donors (Lipinski definition) is 3. The number of alkyl halides is 2. The number of allylic oxidation sites excluding steroid dienone is 5. The third kappa shape index (κ3) is 18.6. The summed E-state index contributed by atoms with van der Waals surface area (Å²) in [5.41, 5.74) is 15.5. The zero-order valence-electron chi connectivity index (χ0n) is 46.2. The van der Waals surface area contributed by atoms with Gasteiger partial charge in [0.05, 0.1) is 31.1 Å². The van der Waals surface area contributed by atoms with Gasteiger partial charge in [0.25, 0.3) is 0 Å². The molecule has 1 aliphatic carbocycles. The number of halogens is 3. The Morgan fingerprint density at radius 3 is 1.87 bits per heavy atom. The van der Waals surface area contributed by atoms with E-state index in [-0.39, 0.29) is 17.6 Å². The van der Waals surface area contributed by atoms with E-state index in [9.17, 15) is 19.0 Å². The van der Waals surface area contributed by atoms with E-state index in [0.717, 1.165) is 88.9 Å². The van der Waals surface area contributed by atoms with Gasteiger partial charge in [0.1, 0.15) is 23.5 Å². The highest BCUT2D eigenvalue weighted by Gasteiger charge is 2.41. The molecule has 5 rings (SSSR count). The highest BCUT2D eigenvalue weighted by Crippen LogP contribution is 2.43. The molecule has 0 spiro atoms. The number of benzene rings is 3. The van der Waals surface area contributed by atoms with Crippen molar-refractivity contribution in [1.29, 1.82) is 0 Å². The van der Waals surface area contributed by atoms with Crippen molar-refractivity contribution >= 4 is 17.2 Å². The number of aryl methyl sites for hydroxylation is 3.